The Morgan fingerprint density at radius 3 is 2.44 bits per heavy atom. The average molecular weight is 468 g/mol. The summed E-state index contributed by atoms with van der Waals surface area (Å²) in [6.45, 7) is 4.96. The molecule has 0 spiro atoms. The molecule has 0 fully saturated rings. The number of carbonyl (C=O) groups is 1. The third kappa shape index (κ3) is 8.61. The van der Waals surface area contributed by atoms with E-state index in [1.807, 2.05) is 61.5 Å². The summed E-state index contributed by atoms with van der Waals surface area (Å²) in [4.78, 5) is 27.3. The van der Waals surface area contributed by atoms with Crippen LogP contribution in [0.1, 0.15) is 63.8 Å². The molecule has 1 heterocycles. The highest BCUT2D eigenvalue weighted by atomic mass is 17.0. The smallest absolute Gasteiger partial charge is 0.328 e. The first-order valence-electron chi connectivity index (χ1n) is 11.9. The second kappa shape index (κ2) is 14.1. The van der Waals surface area contributed by atoms with Gasteiger partial charge in [-0.1, -0.05) is 68.1 Å². The van der Waals surface area contributed by atoms with E-state index in [1.54, 1.807) is 0 Å². The molecule has 34 heavy (non-hydrogen) atoms. The molecule has 0 N–H and O–H groups in total. The Morgan fingerprint density at radius 1 is 0.941 bits per heavy atom. The van der Waals surface area contributed by atoms with Gasteiger partial charge in [0.05, 0.1) is 13.2 Å². The molecule has 0 unspecified atom stereocenters. The molecule has 0 amide bonds. The molecule has 8 nitrogen and oxygen atoms in total. The fourth-order valence-corrected chi connectivity index (χ4v) is 3.20. The number of hydrogen-bond acceptors (Lipinski definition) is 8. The van der Waals surface area contributed by atoms with E-state index in [9.17, 15) is 4.79 Å². The Balaban J connectivity index is 1.38. The standard InChI is InChI=1S/C26H33N3O5/c1-3-5-6-7-11-14-25(30)34-29(4-2)32-19-21-15-17-23(18-16-21)31-20-24-27-26(33-28-24)22-12-9-8-10-13-22/h8-10,12-13,15-18H,3-7,11,14,19-20H2,1-2H3. The highest BCUT2D eigenvalue weighted by Gasteiger charge is 2.12. The van der Waals surface area contributed by atoms with Crippen LogP contribution in [0.15, 0.2) is 59.1 Å². The van der Waals surface area contributed by atoms with E-state index >= 15 is 0 Å². The van der Waals surface area contributed by atoms with E-state index in [2.05, 4.69) is 17.1 Å². The zero-order chi connectivity index (χ0) is 24.0. The molecule has 3 rings (SSSR count). The van der Waals surface area contributed by atoms with Crippen LogP contribution in [0.3, 0.4) is 0 Å². The van der Waals surface area contributed by atoms with Gasteiger partial charge >= 0.3 is 5.97 Å². The first-order chi connectivity index (χ1) is 16.7. The van der Waals surface area contributed by atoms with Crippen LogP contribution in [0, 0.1) is 0 Å². The summed E-state index contributed by atoms with van der Waals surface area (Å²) in [6, 6.07) is 17.1. The minimum absolute atomic E-state index is 0.199. The molecule has 0 atom stereocenters. The highest BCUT2D eigenvalue weighted by Crippen LogP contribution is 2.18. The Bertz CT molecular complexity index is 976. The number of ether oxygens (including phenoxy) is 1. The normalized spacial score (nSPS) is 11.0. The summed E-state index contributed by atoms with van der Waals surface area (Å²) in [5.74, 6) is 1.34. The SMILES string of the molecule is CCCCCCCC(=O)ON(CC)OCc1ccc(OCc2noc(-c3ccccc3)n2)cc1. The summed E-state index contributed by atoms with van der Waals surface area (Å²) < 4.78 is 11.0. The van der Waals surface area contributed by atoms with Gasteiger partial charge in [-0.2, -0.15) is 4.98 Å². The van der Waals surface area contributed by atoms with E-state index < -0.39 is 0 Å². The zero-order valence-corrected chi connectivity index (χ0v) is 19.9. The van der Waals surface area contributed by atoms with Crippen molar-refractivity contribution in [3.05, 3.63) is 66.0 Å². The minimum Gasteiger partial charge on any atom is -0.485 e. The van der Waals surface area contributed by atoms with Crippen molar-refractivity contribution in [3.8, 4) is 17.2 Å². The Labute approximate surface area is 200 Å². The second-order valence-corrected chi connectivity index (χ2v) is 7.86. The lowest BCUT2D eigenvalue weighted by Gasteiger charge is -2.18. The fourth-order valence-electron chi connectivity index (χ4n) is 3.20. The van der Waals surface area contributed by atoms with Crippen molar-refractivity contribution < 1.29 is 23.7 Å². The van der Waals surface area contributed by atoms with Crippen LogP contribution in [-0.4, -0.2) is 27.9 Å². The van der Waals surface area contributed by atoms with Crippen LogP contribution in [0.4, 0.5) is 0 Å². The third-order valence-corrected chi connectivity index (χ3v) is 5.10. The van der Waals surface area contributed by atoms with Crippen molar-refractivity contribution in [3.63, 3.8) is 0 Å². The number of nitrogens with zero attached hydrogens (tertiary/aromatic N) is 3. The van der Waals surface area contributed by atoms with Crippen molar-refractivity contribution in [2.75, 3.05) is 6.54 Å². The maximum Gasteiger partial charge on any atom is 0.328 e. The number of rotatable bonds is 15. The number of unbranched alkanes of at least 4 members (excludes halogenated alkanes) is 4. The molecule has 2 aromatic carbocycles. The summed E-state index contributed by atoms with van der Waals surface area (Å²) in [5, 5.41) is 5.20. The van der Waals surface area contributed by atoms with Gasteiger partial charge in [0.2, 0.25) is 5.82 Å². The lowest BCUT2D eigenvalue weighted by atomic mass is 10.1. The maximum absolute atomic E-state index is 12.0. The predicted octanol–water partition coefficient (Wildman–Crippen LogP) is 5.89. The molecule has 0 aliphatic heterocycles. The van der Waals surface area contributed by atoms with Gasteiger partial charge < -0.3 is 14.1 Å². The van der Waals surface area contributed by atoms with Gasteiger partial charge in [0.15, 0.2) is 6.61 Å². The topological polar surface area (TPSA) is 86.9 Å². The quantitative estimate of drug-likeness (QED) is 0.202. The monoisotopic (exact) mass is 467 g/mol. The van der Waals surface area contributed by atoms with Gasteiger partial charge in [0, 0.05) is 12.0 Å². The molecule has 0 aliphatic carbocycles. The van der Waals surface area contributed by atoms with Gasteiger partial charge in [-0.25, -0.2) is 0 Å². The molecule has 0 saturated carbocycles. The van der Waals surface area contributed by atoms with Crippen LogP contribution >= 0.6 is 0 Å². The zero-order valence-electron chi connectivity index (χ0n) is 19.9. The molecule has 0 radical (unpaired) electrons. The Hall–Kier alpha value is -3.23. The molecule has 0 aliphatic rings. The molecular formula is C26H33N3O5. The van der Waals surface area contributed by atoms with E-state index in [-0.39, 0.29) is 19.2 Å². The van der Waals surface area contributed by atoms with Crippen LogP contribution in [0.5, 0.6) is 5.75 Å². The lowest BCUT2D eigenvalue weighted by Crippen LogP contribution is -2.27. The predicted molar refractivity (Wildman–Crippen MR) is 127 cm³/mol. The van der Waals surface area contributed by atoms with E-state index in [0.29, 0.717) is 30.4 Å². The largest absolute Gasteiger partial charge is 0.485 e. The molecule has 0 saturated heterocycles. The average Bonchev–Trinajstić information content (AvgIpc) is 3.35. The molecule has 1 aromatic heterocycles. The summed E-state index contributed by atoms with van der Waals surface area (Å²) in [5.41, 5.74) is 1.79. The van der Waals surface area contributed by atoms with Crippen LogP contribution in [-0.2, 0) is 27.7 Å². The number of hydroxylamine groups is 2. The maximum atomic E-state index is 12.0. The minimum atomic E-state index is -0.265. The van der Waals surface area contributed by atoms with Gasteiger partial charge in [-0.15, -0.1) is 0 Å². The first-order valence-corrected chi connectivity index (χ1v) is 11.9. The van der Waals surface area contributed by atoms with E-state index in [4.69, 9.17) is 18.9 Å². The van der Waals surface area contributed by atoms with Crippen molar-refractivity contribution in [1.82, 2.24) is 15.4 Å². The number of carbonyl (C=O) groups excluding carboxylic acids is 1. The lowest BCUT2D eigenvalue weighted by molar-refractivity contribution is -0.349. The van der Waals surface area contributed by atoms with E-state index in [0.717, 1.165) is 30.4 Å². The summed E-state index contributed by atoms with van der Waals surface area (Å²) >= 11 is 0. The Morgan fingerprint density at radius 2 is 1.71 bits per heavy atom. The summed E-state index contributed by atoms with van der Waals surface area (Å²) in [6.07, 6.45) is 5.84. The number of benzene rings is 2. The summed E-state index contributed by atoms with van der Waals surface area (Å²) in [7, 11) is 0. The van der Waals surface area contributed by atoms with Gasteiger partial charge in [-0.3, -0.25) is 9.63 Å². The second-order valence-electron chi connectivity index (χ2n) is 7.86. The van der Waals surface area contributed by atoms with Gasteiger partial charge in [0.1, 0.15) is 5.75 Å². The van der Waals surface area contributed by atoms with Gasteiger partial charge in [-0.05, 0) is 48.4 Å². The molecule has 8 heteroatoms. The van der Waals surface area contributed by atoms with Crippen molar-refractivity contribution in [2.24, 2.45) is 0 Å². The van der Waals surface area contributed by atoms with Crippen molar-refractivity contribution >= 4 is 5.97 Å². The van der Waals surface area contributed by atoms with Crippen molar-refractivity contribution in [2.45, 2.75) is 65.6 Å². The molecule has 3 aromatic rings. The number of aromatic nitrogens is 2. The third-order valence-electron chi connectivity index (χ3n) is 5.10. The Kier molecular flexibility index (Phi) is 10.5. The van der Waals surface area contributed by atoms with Crippen LogP contribution < -0.4 is 4.74 Å². The highest BCUT2D eigenvalue weighted by molar-refractivity contribution is 5.68. The molecular weight excluding hydrogens is 434 g/mol. The molecule has 182 valence electrons. The van der Waals surface area contributed by atoms with E-state index in [1.165, 1.54) is 18.1 Å². The van der Waals surface area contributed by atoms with Crippen LogP contribution in [0.25, 0.3) is 11.5 Å². The van der Waals surface area contributed by atoms with Gasteiger partial charge in [0.25, 0.3) is 5.89 Å². The molecule has 0 bridgehead atoms. The van der Waals surface area contributed by atoms with Crippen molar-refractivity contribution in [1.29, 1.82) is 0 Å². The number of hydrogen-bond donors (Lipinski definition) is 0. The fraction of sp³-hybridized carbons (Fsp3) is 0.423. The first kappa shape index (κ1) is 25.4. The van der Waals surface area contributed by atoms with Crippen LogP contribution in [0.2, 0.25) is 0 Å².